The molecule has 0 unspecified atom stereocenters. The van der Waals surface area contributed by atoms with Crippen molar-refractivity contribution in [3.05, 3.63) is 42.6 Å². The van der Waals surface area contributed by atoms with Crippen LogP contribution in [0.5, 0.6) is 5.75 Å². The van der Waals surface area contributed by atoms with Crippen LogP contribution >= 0.6 is 0 Å². The lowest BCUT2D eigenvalue weighted by Crippen LogP contribution is -2.35. The molecule has 2 aromatic heterocycles. The minimum Gasteiger partial charge on any atom is -0.497 e. The second kappa shape index (κ2) is 6.11. The van der Waals surface area contributed by atoms with Crippen LogP contribution in [0.4, 0.5) is 5.82 Å². The molecular weight excluding hydrogens is 302 g/mol. The van der Waals surface area contributed by atoms with Gasteiger partial charge in [0.15, 0.2) is 0 Å². The number of methoxy groups -OCH3 is 1. The molecule has 124 valence electrons. The number of aryl methyl sites for hydroxylation is 1. The number of nitrogens with zero attached hydrogens (tertiary/aromatic N) is 5. The van der Waals surface area contributed by atoms with E-state index in [4.69, 9.17) is 4.74 Å². The standard InChI is InChI=1S/C18H21N5O/c1-13-9-18(20-11-19-13)22-7-5-14(6-8-22)23-12-21-16-10-15(24-2)3-4-17(16)23/h3-4,9-12,14H,5-8H2,1-2H3. The molecule has 24 heavy (non-hydrogen) atoms. The minimum absolute atomic E-state index is 0.475. The van der Waals surface area contributed by atoms with Crippen LogP contribution in [0, 0.1) is 6.92 Å². The lowest BCUT2D eigenvalue weighted by molar-refractivity contribution is 0.402. The smallest absolute Gasteiger partial charge is 0.132 e. The topological polar surface area (TPSA) is 56.1 Å². The third kappa shape index (κ3) is 2.68. The Balaban J connectivity index is 1.52. The van der Waals surface area contributed by atoms with E-state index in [1.165, 1.54) is 5.52 Å². The molecule has 1 saturated heterocycles. The van der Waals surface area contributed by atoms with Crippen molar-refractivity contribution in [3.63, 3.8) is 0 Å². The van der Waals surface area contributed by atoms with E-state index in [-0.39, 0.29) is 0 Å². The van der Waals surface area contributed by atoms with Gasteiger partial charge in [0.25, 0.3) is 0 Å². The summed E-state index contributed by atoms with van der Waals surface area (Å²) in [6.07, 6.45) is 5.77. The third-order valence-corrected chi connectivity index (χ3v) is 4.75. The zero-order valence-corrected chi connectivity index (χ0v) is 14.0. The summed E-state index contributed by atoms with van der Waals surface area (Å²) in [4.78, 5) is 15.5. The van der Waals surface area contributed by atoms with Gasteiger partial charge >= 0.3 is 0 Å². The molecule has 6 heteroatoms. The number of rotatable bonds is 3. The van der Waals surface area contributed by atoms with Crippen LogP contribution in [0.15, 0.2) is 36.9 Å². The van der Waals surface area contributed by atoms with Gasteiger partial charge in [-0.25, -0.2) is 15.0 Å². The van der Waals surface area contributed by atoms with Crippen molar-refractivity contribution in [3.8, 4) is 5.75 Å². The molecule has 0 saturated carbocycles. The Labute approximate surface area is 141 Å². The van der Waals surface area contributed by atoms with E-state index in [1.54, 1.807) is 13.4 Å². The molecule has 1 aromatic carbocycles. The first-order chi connectivity index (χ1) is 11.7. The molecule has 1 fully saturated rings. The van der Waals surface area contributed by atoms with Gasteiger partial charge in [0.2, 0.25) is 0 Å². The fourth-order valence-corrected chi connectivity index (χ4v) is 3.42. The van der Waals surface area contributed by atoms with Crippen LogP contribution in [-0.4, -0.2) is 39.7 Å². The number of aromatic nitrogens is 4. The maximum absolute atomic E-state index is 5.28. The maximum Gasteiger partial charge on any atom is 0.132 e. The van der Waals surface area contributed by atoms with Crippen LogP contribution in [0.1, 0.15) is 24.6 Å². The number of ether oxygens (including phenoxy) is 1. The van der Waals surface area contributed by atoms with E-state index in [9.17, 15) is 0 Å². The molecule has 4 rings (SSSR count). The molecule has 0 bridgehead atoms. The van der Waals surface area contributed by atoms with Crippen molar-refractivity contribution in [1.82, 2.24) is 19.5 Å². The number of imidazole rings is 1. The van der Waals surface area contributed by atoms with E-state index in [0.717, 1.165) is 48.7 Å². The zero-order valence-electron chi connectivity index (χ0n) is 14.0. The SMILES string of the molecule is COc1ccc2c(c1)ncn2C1CCN(c2cc(C)ncn2)CC1. The lowest BCUT2D eigenvalue weighted by Gasteiger charge is -2.33. The van der Waals surface area contributed by atoms with Crippen molar-refractivity contribution < 1.29 is 4.74 Å². The highest BCUT2D eigenvalue weighted by molar-refractivity contribution is 5.77. The molecule has 0 radical (unpaired) electrons. The summed E-state index contributed by atoms with van der Waals surface area (Å²) in [7, 11) is 1.68. The molecular formula is C18H21N5O. The number of fused-ring (bicyclic) bond motifs is 1. The number of piperidine rings is 1. The second-order valence-electron chi connectivity index (χ2n) is 6.24. The average molecular weight is 323 g/mol. The van der Waals surface area contributed by atoms with E-state index in [2.05, 4.69) is 36.6 Å². The number of hydrogen-bond donors (Lipinski definition) is 0. The predicted octanol–water partition coefficient (Wildman–Crippen LogP) is 2.98. The van der Waals surface area contributed by atoms with Gasteiger partial charge in [0, 0.05) is 37.0 Å². The Bertz CT molecular complexity index is 851. The van der Waals surface area contributed by atoms with E-state index in [1.807, 2.05) is 25.4 Å². The van der Waals surface area contributed by atoms with Crippen LogP contribution in [-0.2, 0) is 0 Å². The summed E-state index contributed by atoms with van der Waals surface area (Å²) < 4.78 is 7.58. The minimum atomic E-state index is 0.475. The Hall–Kier alpha value is -2.63. The first-order valence-electron chi connectivity index (χ1n) is 8.29. The maximum atomic E-state index is 5.28. The van der Waals surface area contributed by atoms with Crippen LogP contribution in [0.25, 0.3) is 11.0 Å². The molecule has 0 spiro atoms. The Morgan fingerprint density at radius 3 is 2.67 bits per heavy atom. The summed E-state index contributed by atoms with van der Waals surface area (Å²) in [5, 5.41) is 0. The molecule has 1 aliphatic heterocycles. The van der Waals surface area contributed by atoms with Crippen molar-refractivity contribution in [2.24, 2.45) is 0 Å². The van der Waals surface area contributed by atoms with Gasteiger partial charge in [-0.2, -0.15) is 0 Å². The van der Waals surface area contributed by atoms with Gasteiger partial charge in [0.1, 0.15) is 17.9 Å². The fourth-order valence-electron chi connectivity index (χ4n) is 3.42. The highest BCUT2D eigenvalue weighted by Gasteiger charge is 2.22. The Morgan fingerprint density at radius 2 is 1.92 bits per heavy atom. The van der Waals surface area contributed by atoms with Crippen LogP contribution in [0.3, 0.4) is 0 Å². The monoisotopic (exact) mass is 323 g/mol. The molecule has 3 heterocycles. The van der Waals surface area contributed by atoms with Crippen LogP contribution in [0.2, 0.25) is 0 Å². The summed E-state index contributed by atoms with van der Waals surface area (Å²) in [6.45, 7) is 4.00. The first-order valence-corrected chi connectivity index (χ1v) is 8.29. The molecule has 6 nitrogen and oxygen atoms in total. The van der Waals surface area contributed by atoms with Crippen molar-refractivity contribution >= 4 is 16.9 Å². The molecule has 0 aliphatic carbocycles. The summed E-state index contributed by atoms with van der Waals surface area (Å²) in [6, 6.07) is 8.62. The highest BCUT2D eigenvalue weighted by Crippen LogP contribution is 2.29. The van der Waals surface area contributed by atoms with Gasteiger partial charge in [-0.15, -0.1) is 0 Å². The zero-order chi connectivity index (χ0) is 16.5. The molecule has 0 amide bonds. The Kier molecular flexibility index (Phi) is 3.80. The van der Waals surface area contributed by atoms with Gasteiger partial charge in [0.05, 0.1) is 24.5 Å². The first kappa shape index (κ1) is 14.9. The molecule has 3 aromatic rings. The van der Waals surface area contributed by atoms with Gasteiger partial charge in [-0.1, -0.05) is 0 Å². The fraction of sp³-hybridized carbons (Fsp3) is 0.389. The molecule has 0 N–H and O–H groups in total. The van der Waals surface area contributed by atoms with Crippen molar-refractivity contribution in [2.75, 3.05) is 25.1 Å². The number of anilines is 1. The summed E-state index contributed by atoms with van der Waals surface area (Å²) in [5.74, 6) is 1.88. The molecule has 0 atom stereocenters. The Morgan fingerprint density at radius 1 is 1.08 bits per heavy atom. The van der Waals surface area contributed by atoms with E-state index in [0.29, 0.717) is 6.04 Å². The normalized spacial score (nSPS) is 15.8. The van der Waals surface area contributed by atoms with E-state index >= 15 is 0 Å². The predicted molar refractivity (Wildman–Crippen MR) is 93.5 cm³/mol. The van der Waals surface area contributed by atoms with Gasteiger partial charge in [-0.05, 0) is 31.9 Å². The average Bonchev–Trinajstić information content (AvgIpc) is 3.05. The van der Waals surface area contributed by atoms with Gasteiger partial charge < -0.3 is 14.2 Å². The van der Waals surface area contributed by atoms with E-state index < -0.39 is 0 Å². The summed E-state index contributed by atoms with van der Waals surface area (Å²) in [5.41, 5.74) is 3.17. The quantitative estimate of drug-likeness (QED) is 0.741. The number of benzene rings is 1. The second-order valence-corrected chi connectivity index (χ2v) is 6.24. The number of hydrogen-bond acceptors (Lipinski definition) is 5. The largest absolute Gasteiger partial charge is 0.497 e. The third-order valence-electron chi connectivity index (χ3n) is 4.75. The van der Waals surface area contributed by atoms with Crippen molar-refractivity contribution in [1.29, 1.82) is 0 Å². The van der Waals surface area contributed by atoms with Gasteiger partial charge in [-0.3, -0.25) is 0 Å². The summed E-state index contributed by atoms with van der Waals surface area (Å²) >= 11 is 0. The highest BCUT2D eigenvalue weighted by atomic mass is 16.5. The molecule has 1 aliphatic rings. The van der Waals surface area contributed by atoms with Crippen LogP contribution < -0.4 is 9.64 Å². The lowest BCUT2D eigenvalue weighted by atomic mass is 10.0. The van der Waals surface area contributed by atoms with Crippen molar-refractivity contribution in [2.45, 2.75) is 25.8 Å².